The number of nitrogens with zero attached hydrogens (tertiary/aromatic N) is 1. The lowest BCUT2D eigenvalue weighted by molar-refractivity contribution is -0.138. The molecule has 0 saturated carbocycles. The average molecular weight is 264 g/mol. The Labute approximate surface area is 113 Å². The topological polar surface area (TPSA) is 69.6 Å². The van der Waals surface area contributed by atoms with Gasteiger partial charge in [0.2, 0.25) is 5.91 Å². The van der Waals surface area contributed by atoms with E-state index in [1.807, 2.05) is 25.1 Å². The Morgan fingerprint density at radius 1 is 1.26 bits per heavy atom. The van der Waals surface area contributed by atoms with Crippen LogP contribution in [0.25, 0.3) is 0 Å². The summed E-state index contributed by atoms with van der Waals surface area (Å²) in [5.41, 5.74) is 0.697. The molecular formula is C14H20N2O3. The Morgan fingerprint density at radius 2 is 1.89 bits per heavy atom. The molecule has 0 spiro atoms. The van der Waals surface area contributed by atoms with E-state index in [2.05, 4.69) is 5.32 Å². The highest BCUT2D eigenvalue weighted by Gasteiger charge is 2.20. The molecule has 0 bridgehead atoms. The van der Waals surface area contributed by atoms with Crippen LogP contribution in [-0.2, 0) is 9.59 Å². The van der Waals surface area contributed by atoms with E-state index >= 15 is 0 Å². The Bertz CT molecular complexity index is 418. The van der Waals surface area contributed by atoms with E-state index in [9.17, 15) is 14.7 Å². The minimum Gasteiger partial charge on any atom is -0.481 e. The van der Waals surface area contributed by atoms with Crippen molar-refractivity contribution in [3.05, 3.63) is 35.9 Å². The van der Waals surface area contributed by atoms with E-state index in [1.165, 1.54) is 0 Å². The summed E-state index contributed by atoms with van der Waals surface area (Å²) in [6, 6.07) is 8.92. The number of amides is 1. The zero-order chi connectivity index (χ0) is 14.3. The van der Waals surface area contributed by atoms with Crippen molar-refractivity contribution >= 4 is 11.9 Å². The first-order chi connectivity index (χ1) is 9.00. The maximum atomic E-state index is 11.6. The lowest BCUT2D eigenvalue weighted by atomic mass is 9.99. The summed E-state index contributed by atoms with van der Waals surface area (Å²) < 4.78 is 0. The maximum Gasteiger partial charge on any atom is 0.312 e. The minimum absolute atomic E-state index is 0.117. The SMILES string of the molecule is CN(C)CCC(=O)NCC(C(=O)O)c1ccccc1. The van der Waals surface area contributed by atoms with Gasteiger partial charge in [-0.05, 0) is 19.7 Å². The van der Waals surface area contributed by atoms with Gasteiger partial charge in [0.1, 0.15) is 0 Å². The molecule has 1 aromatic rings. The molecular weight excluding hydrogens is 244 g/mol. The van der Waals surface area contributed by atoms with Crippen LogP contribution in [0, 0.1) is 0 Å². The summed E-state index contributed by atoms with van der Waals surface area (Å²) in [6.07, 6.45) is 0.369. The smallest absolute Gasteiger partial charge is 0.312 e. The fourth-order valence-electron chi connectivity index (χ4n) is 1.66. The number of carboxylic acids is 1. The van der Waals surface area contributed by atoms with Gasteiger partial charge in [-0.3, -0.25) is 9.59 Å². The highest BCUT2D eigenvalue weighted by atomic mass is 16.4. The fourth-order valence-corrected chi connectivity index (χ4v) is 1.66. The second-order valence-electron chi connectivity index (χ2n) is 4.66. The summed E-state index contributed by atoms with van der Waals surface area (Å²) in [5, 5.41) is 11.9. The van der Waals surface area contributed by atoms with E-state index in [4.69, 9.17) is 0 Å². The van der Waals surface area contributed by atoms with E-state index in [-0.39, 0.29) is 12.5 Å². The van der Waals surface area contributed by atoms with Crippen molar-refractivity contribution in [2.75, 3.05) is 27.2 Å². The third-order valence-corrected chi connectivity index (χ3v) is 2.79. The van der Waals surface area contributed by atoms with Gasteiger partial charge in [-0.1, -0.05) is 30.3 Å². The normalized spacial score (nSPS) is 12.2. The van der Waals surface area contributed by atoms with Crippen molar-refractivity contribution in [1.29, 1.82) is 0 Å². The van der Waals surface area contributed by atoms with Crippen LogP contribution in [0.2, 0.25) is 0 Å². The first-order valence-electron chi connectivity index (χ1n) is 6.20. The van der Waals surface area contributed by atoms with Gasteiger partial charge in [0.25, 0.3) is 0 Å². The second-order valence-corrected chi connectivity index (χ2v) is 4.66. The van der Waals surface area contributed by atoms with Gasteiger partial charge in [0.15, 0.2) is 0 Å². The maximum absolute atomic E-state index is 11.6. The molecule has 0 aliphatic rings. The van der Waals surface area contributed by atoms with Gasteiger partial charge >= 0.3 is 5.97 Å². The molecule has 1 rings (SSSR count). The largest absolute Gasteiger partial charge is 0.481 e. The van der Waals surface area contributed by atoms with Gasteiger partial charge < -0.3 is 15.3 Å². The van der Waals surface area contributed by atoms with Crippen molar-refractivity contribution in [2.45, 2.75) is 12.3 Å². The fraction of sp³-hybridized carbons (Fsp3) is 0.429. The quantitative estimate of drug-likeness (QED) is 0.768. The van der Waals surface area contributed by atoms with Crippen molar-refractivity contribution < 1.29 is 14.7 Å². The van der Waals surface area contributed by atoms with E-state index < -0.39 is 11.9 Å². The number of carboxylic acid groups (broad SMARTS) is 1. The molecule has 2 N–H and O–H groups in total. The Balaban J connectivity index is 2.52. The predicted molar refractivity (Wildman–Crippen MR) is 73.0 cm³/mol. The summed E-state index contributed by atoms with van der Waals surface area (Å²) >= 11 is 0. The number of aliphatic carboxylic acids is 1. The van der Waals surface area contributed by atoms with Crippen molar-refractivity contribution in [1.82, 2.24) is 10.2 Å². The van der Waals surface area contributed by atoms with Crippen LogP contribution in [0.5, 0.6) is 0 Å². The minimum atomic E-state index is -0.931. The molecule has 0 heterocycles. The van der Waals surface area contributed by atoms with Crippen LogP contribution in [0.1, 0.15) is 17.9 Å². The third kappa shape index (κ3) is 5.52. The highest BCUT2D eigenvalue weighted by Crippen LogP contribution is 2.14. The molecule has 1 aromatic carbocycles. The van der Waals surface area contributed by atoms with Gasteiger partial charge in [-0.15, -0.1) is 0 Å². The molecule has 1 amide bonds. The number of rotatable bonds is 7. The zero-order valence-electron chi connectivity index (χ0n) is 11.3. The van der Waals surface area contributed by atoms with Gasteiger partial charge in [-0.2, -0.15) is 0 Å². The number of benzene rings is 1. The Hall–Kier alpha value is -1.88. The average Bonchev–Trinajstić information content (AvgIpc) is 2.37. The number of hydrogen-bond donors (Lipinski definition) is 2. The standard InChI is InChI=1S/C14H20N2O3/c1-16(2)9-8-13(17)15-10-12(14(18)19)11-6-4-3-5-7-11/h3-7,12H,8-10H2,1-2H3,(H,15,17)(H,18,19). The summed E-state index contributed by atoms with van der Waals surface area (Å²) in [4.78, 5) is 24.7. The summed E-state index contributed by atoms with van der Waals surface area (Å²) in [5.74, 6) is -1.76. The molecule has 5 nitrogen and oxygen atoms in total. The van der Waals surface area contributed by atoms with E-state index in [1.54, 1.807) is 24.3 Å². The molecule has 0 aromatic heterocycles. The molecule has 0 radical (unpaired) electrons. The second kappa shape index (κ2) is 7.53. The van der Waals surface area contributed by atoms with Gasteiger partial charge in [0.05, 0.1) is 5.92 Å². The molecule has 1 unspecified atom stereocenters. The highest BCUT2D eigenvalue weighted by molar-refractivity contribution is 5.79. The molecule has 0 saturated heterocycles. The molecule has 104 valence electrons. The molecule has 1 atom stereocenters. The Kier molecular flexibility index (Phi) is 6.02. The summed E-state index contributed by atoms with van der Waals surface area (Å²) in [6.45, 7) is 0.764. The summed E-state index contributed by atoms with van der Waals surface area (Å²) in [7, 11) is 3.77. The number of carbonyl (C=O) groups is 2. The predicted octanol–water partition coefficient (Wildman–Crippen LogP) is 0.923. The molecule has 5 heteroatoms. The molecule has 19 heavy (non-hydrogen) atoms. The lowest BCUT2D eigenvalue weighted by Crippen LogP contribution is -2.33. The molecule has 0 fully saturated rings. The van der Waals surface area contributed by atoms with Crippen LogP contribution in [0.3, 0.4) is 0 Å². The van der Waals surface area contributed by atoms with Crippen LogP contribution in [0.4, 0.5) is 0 Å². The van der Waals surface area contributed by atoms with Crippen molar-refractivity contribution in [3.63, 3.8) is 0 Å². The van der Waals surface area contributed by atoms with Crippen LogP contribution in [0.15, 0.2) is 30.3 Å². The lowest BCUT2D eigenvalue weighted by Gasteiger charge is -2.14. The van der Waals surface area contributed by atoms with Crippen LogP contribution >= 0.6 is 0 Å². The first-order valence-corrected chi connectivity index (χ1v) is 6.20. The van der Waals surface area contributed by atoms with Crippen LogP contribution in [-0.4, -0.2) is 49.1 Å². The Morgan fingerprint density at radius 3 is 2.42 bits per heavy atom. The van der Waals surface area contributed by atoms with E-state index in [0.717, 1.165) is 0 Å². The molecule has 0 aliphatic heterocycles. The van der Waals surface area contributed by atoms with E-state index in [0.29, 0.717) is 18.5 Å². The number of nitrogens with one attached hydrogen (secondary N) is 1. The monoisotopic (exact) mass is 264 g/mol. The molecule has 0 aliphatic carbocycles. The van der Waals surface area contributed by atoms with Crippen LogP contribution < -0.4 is 5.32 Å². The van der Waals surface area contributed by atoms with Gasteiger partial charge in [0, 0.05) is 19.5 Å². The first kappa shape index (κ1) is 15.2. The third-order valence-electron chi connectivity index (χ3n) is 2.79. The number of hydrogen-bond acceptors (Lipinski definition) is 3. The van der Waals surface area contributed by atoms with Crippen molar-refractivity contribution in [2.24, 2.45) is 0 Å². The van der Waals surface area contributed by atoms with Crippen molar-refractivity contribution in [3.8, 4) is 0 Å². The van der Waals surface area contributed by atoms with Gasteiger partial charge in [-0.25, -0.2) is 0 Å². The zero-order valence-corrected chi connectivity index (χ0v) is 11.3. The number of carbonyl (C=O) groups excluding carboxylic acids is 1.